The molecule has 5 nitrogen and oxygen atoms in total. The summed E-state index contributed by atoms with van der Waals surface area (Å²) in [6.45, 7) is 1.64. The third-order valence-electron chi connectivity index (χ3n) is 2.58. The van der Waals surface area contributed by atoms with E-state index < -0.39 is 0 Å². The normalized spacial score (nSPS) is 10.6. The summed E-state index contributed by atoms with van der Waals surface area (Å²) in [6.07, 6.45) is 3.36. The fraction of sp³-hybridized carbons (Fsp3) is 0.231. The number of nitrogen functional groups attached to an aromatic ring is 1. The lowest BCUT2D eigenvalue weighted by molar-refractivity contribution is 0.314. The summed E-state index contributed by atoms with van der Waals surface area (Å²) in [5.41, 5.74) is 4.67. The Labute approximate surface area is 107 Å². The first-order valence-electron chi connectivity index (χ1n) is 5.78. The molecule has 94 valence electrons. The van der Waals surface area contributed by atoms with E-state index in [0.717, 1.165) is 18.8 Å². The number of benzene rings is 1. The maximum absolute atomic E-state index is 5.24. The Kier molecular flexibility index (Phi) is 4.22. The molecule has 0 radical (unpaired) electrons. The van der Waals surface area contributed by atoms with Crippen molar-refractivity contribution in [1.82, 2.24) is 14.9 Å². The number of nitrogens with zero attached hydrogens (tertiary/aromatic N) is 3. The molecular formula is C13H17N5. The minimum absolute atomic E-state index is 0.574. The highest BCUT2D eigenvalue weighted by molar-refractivity contribution is 5.28. The van der Waals surface area contributed by atoms with Crippen molar-refractivity contribution in [2.24, 2.45) is 5.84 Å². The summed E-state index contributed by atoms with van der Waals surface area (Å²) >= 11 is 0. The number of rotatable bonds is 5. The van der Waals surface area contributed by atoms with Crippen LogP contribution in [0.15, 0.2) is 42.7 Å². The molecule has 3 N–H and O–H groups in total. The molecule has 0 bridgehead atoms. The maximum atomic E-state index is 5.24. The zero-order valence-electron chi connectivity index (χ0n) is 10.4. The number of hydrogen-bond donors (Lipinski definition) is 2. The van der Waals surface area contributed by atoms with Gasteiger partial charge in [-0.2, -0.15) is 0 Å². The summed E-state index contributed by atoms with van der Waals surface area (Å²) < 4.78 is 0. The van der Waals surface area contributed by atoms with E-state index >= 15 is 0 Å². The summed E-state index contributed by atoms with van der Waals surface area (Å²) in [6, 6.07) is 10.3. The molecule has 2 aromatic rings. The second-order valence-corrected chi connectivity index (χ2v) is 4.20. The van der Waals surface area contributed by atoms with Crippen molar-refractivity contribution in [3.8, 4) is 0 Å². The maximum Gasteiger partial charge on any atom is 0.158 e. The molecule has 0 fully saturated rings. The third-order valence-corrected chi connectivity index (χ3v) is 2.58. The molecule has 0 unspecified atom stereocenters. The molecular weight excluding hydrogens is 226 g/mol. The van der Waals surface area contributed by atoms with Crippen LogP contribution in [0.5, 0.6) is 0 Å². The molecule has 0 aliphatic rings. The van der Waals surface area contributed by atoms with Gasteiger partial charge in [-0.25, -0.2) is 10.8 Å². The largest absolute Gasteiger partial charge is 0.307 e. The van der Waals surface area contributed by atoms with E-state index in [-0.39, 0.29) is 0 Å². The van der Waals surface area contributed by atoms with Gasteiger partial charge in [0.25, 0.3) is 0 Å². The Morgan fingerprint density at radius 1 is 1.11 bits per heavy atom. The van der Waals surface area contributed by atoms with E-state index in [4.69, 9.17) is 5.84 Å². The number of hydrogen-bond acceptors (Lipinski definition) is 5. The molecule has 0 atom stereocenters. The molecule has 0 spiro atoms. The molecule has 0 saturated heterocycles. The highest BCUT2D eigenvalue weighted by Crippen LogP contribution is 2.06. The van der Waals surface area contributed by atoms with Gasteiger partial charge in [-0.05, 0) is 12.6 Å². The van der Waals surface area contributed by atoms with Crippen LogP contribution in [0.4, 0.5) is 5.82 Å². The predicted octanol–water partition coefficient (Wildman–Crippen LogP) is 1.39. The lowest BCUT2D eigenvalue weighted by atomic mass is 10.2. The van der Waals surface area contributed by atoms with Crippen molar-refractivity contribution < 1.29 is 0 Å². The molecule has 2 rings (SSSR count). The summed E-state index contributed by atoms with van der Waals surface area (Å²) in [7, 11) is 2.06. The first-order valence-corrected chi connectivity index (χ1v) is 5.78. The van der Waals surface area contributed by atoms with Crippen LogP contribution in [0.3, 0.4) is 0 Å². The van der Waals surface area contributed by atoms with Crippen LogP contribution in [0.1, 0.15) is 11.3 Å². The van der Waals surface area contributed by atoms with Gasteiger partial charge in [0.15, 0.2) is 5.82 Å². The van der Waals surface area contributed by atoms with Gasteiger partial charge in [0, 0.05) is 13.1 Å². The number of anilines is 1. The number of nitrogens with two attached hydrogens (primary N) is 1. The summed E-state index contributed by atoms with van der Waals surface area (Å²) in [5.74, 6) is 5.81. The van der Waals surface area contributed by atoms with E-state index in [2.05, 4.69) is 39.5 Å². The van der Waals surface area contributed by atoms with Gasteiger partial charge in [0.2, 0.25) is 0 Å². The molecule has 0 saturated carbocycles. The van der Waals surface area contributed by atoms with Gasteiger partial charge in [0.1, 0.15) is 0 Å². The van der Waals surface area contributed by atoms with Crippen molar-refractivity contribution in [3.63, 3.8) is 0 Å². The van der Waals surface area contributed by atoms with Crippen molar-refractivity contribution in [2.75, 3.05) is 12.5 Å². The highest BCUT2D eigenvalue weighted by Gasteiger charge is 2.03. The molecule has 1 heterocycles. The first-order chi connectivity index (χ1) is 8.78. The van der Waals surface area contributed by atoms with E-state index in [0.29, 0.717) is 5.82 Å². The van der Waals surface area contributed by atoms with Gasteiger partial charge in [-0.15, -0.1) is 0 Å². The quantitative estimate of drug-likeness (QED) is 0.613. The molecule has 1 aromatic heterocycles. The van der Waals surface area contributed by atoms with Crippen molar-refractivity contribution in [1.29, 1.82) is 0 Å². The molecule has 18 heavy (non-hydrogen) atoms. The second kappa shape index (κ2) is 6.09. The van der Waals surface area contributed by atoms with Crippen LogP contribution in [-0.4, -0.2) is 21.9 Å². The van der Waals surface area contributed by atoms with E-state index in [1.165, 1.54) is 5.56 Å². The Balaban J connectivity index is 1.92. The number of aromatic nitrogens is 2. The molecule has 5 heteroatoms. The highest BCUT2D eigenvalue weighted by atomic mass is 15.3. The third kappa shape index (κ3) is 3.51. The lowest BCUT2D eigenvalue weighted by Crippen LogP contribution is -2.18. The molecule has 0 aliphatic heterocycles. The molecule has 1 aromatic carbocycles. The zero-order valence-corrected chi connectivity index (χ0v) is 10.4. The second-order valence-electron chi connectivity index (χ2n) is 4.20. The minimum atomic E-state index is 0.574. The topological polar surface area (TPSA) is 67.1 Å². The van der Waals surface area contributed by atoms with Crippen LogP contribution in [0, 0.1) is 0 Å². The van der Waals surface area contributed by atoms with Crippen molar-refractivity contribution in [3.05, 3.63) is 54.0 Å². The average Bonchev–Trinajstić information content (AvgIpc) is 2.40. The standard InChI is InChI=1S/C13H17N5/c1-18(9-11-5-3-2-4-6-11)10-12-7-16-13(17-14)8-15-12/h2-8H,9-10,14H2,1H3,(H,16,17). The average molecular weight is 243 g/mol. The van der Waals surface area contributed by atoms with Gasteiger partial charge < -0.3 is 5.43 Å². The summed E-state index contributed by atoms with van der Waals surface area (Å²) in [5, 5.41) is 0. The SMILES string of the molecule is CN(Cc1ccccc1)Cc1cnc(NN)cn1. The smallest absolute Gasteiger partial charge is 0.158 e. The van der Waals surface area contributed by atoms with Crippen LogP contribution >= 0.6 is 0 Å². The monoisotopic (exact) mass is 243 g/mol. The number of nitrogens with one attached hydrogen (secondary N) is 1. The van der Waals surface area contributed by atoms with Crippen LogP contribution in [0.25, 0.3) is 0 Å². The lowest BCUT2D eigenvalue weighted by Gasteiger charge is -2.16. The Hall–Kier alpha value is -1.98. The Morgan fingerprint density at radius 2 is 1.89 bits per heavy atom. The fourth-order valence-corrected chi connectivity index (χ4v) is 1.74. The minimum Gasteiger partial charge on any atom is -0.307 e. The van der Waals surface area contributed by atoms with Crippen LogP contribution in [0.2, 0.25) is 0 Å². The Bertz CT molecular complexity index is 469. The summed E-state index contributed by atoms with van der Waals surface area (Å²) in [4.78, 5) is 10.6. The van der Waals surface area contributed by atoms with Gasteiger partial charge >= 0.3 is 0 Å². The van der Waals surface area contributed by atoms with E-state index in [1.807, 2.05) is 18.2 Å². The van der Waals surface area contributed by atoms with Crippen molar-refractivity contribution >= 4 is 5.82 Å². The van der Waals surface area contributed by atoms with E-state index in [9.17, 15) is 0 Å². The molecule has 0 amide bonds. The first kappa shape index (κ1) is 12.5. The molecule has 0 aliphatic carbocycles. The fourth-order valence-electron chi connectivity index (χ4n) is 1.74. The van der Waals surface area contributed by atoms with Gasteiger partial charge in [-0.1, -0.05) is 30.3 Å². The zero-order chi connectivity index (χ0) is 12.8. The van der Waals surface area contributed by atoms with Gasteiger partial charge in [-0.3, -0.25) is 9.88 Å². The van der Waals surface area contributed by atoms with E-state index in [1.54, 1.807) is 12.4 Å². The number of hydrazine groups is 1. The predicted molar refractivity (Wildman–Crippen MR) is 71.5 cm³/mol. The Morgan fingerprint density at radius 3 is 2.50 bits per heavy atom. The van der Waals surface area contributed by atoms with Gasteiger partial charge in [0.05, 0.1) is 18.1 Å². The van der Waals surface area contributed by atoms with Crippen LogP contribution in [-0.2, 0) is 13.1 Å². The van der Waals surface area contributed by atoms with Crippen molar-refractivity contribution in [2.45, 2.75) is 13.1 Å². The van der Waals surface area contributed by atoms with Crippen LogP contribution < -0.4 is 11.3 Å².